The van der Waals surface area contributed by atoms with Gasteiger partial charge in [0.05, 0.1) is 6.04 Å². The van der Waals surface area contributed by atoms with Crippen molar-refractivity contribution < 1.29 is 9.59 Å². The summed E-state index contributed by atoms with van der Waals surface area (Å²) in [5, 5.41) is 3.41. The van der Waals surface area contributed by atoms with Crippen molar-refractivity contribution in [1.82, 2.24) is 15.2 Å². The summed E-state index contributed by atoms with van der Waals surface area (Å²) in [5.74, 6) is 0.164. The SMILES string of the molecule is CCc1ccc(C2CNCCN2C(=O)c2[nH]c3c(c2C)C(=O)CCC3)cc1. The highest BCUT2D eigenvalue weighted by atomic mass is 16.2. The van der Waals surface area contributed by atoms with Gasteiger partial charge in [-0.25, -0.2) is 0 Å². The number of hydrogen-bond donors (Lipinski definition) is 2. The summed E-state index contributed by atoms with van der Waals surface area (Å²) in [6.45, 7) is 6.24. The third-order valence-electron chi connectivity index (χ3n) is 5.93. The molecule has 4 rings (SSSR count). The van der Waals surface area contributed by atoms with Crippen LogP contribution in [0.25, 0.3) is 0 Å². The predicted molar refractivity (Wildman–Crippen MR) is 105 cm³/mol. The van der Waals surface area contributed by atoms with E-state index in [1.807, 2.05) is 11.8 Å². The number of piperazine rings is 1. The van der Waals surface area contributed by atoms with Gasteiger partial charge in [0.15, 0.2) is 5.78 Å². The summed E-state index contributed by atoms with van der Waals surface area (Å²) in [5.41, 5.74) is 5.55. The first-order valence-corrected chi connectivity index (χ1v) is 9.95. The Morgan fingerprint density at radius 1 is 1.22 bits per heavy atom. The molecule has 2 N–H and O–H groups in total. The van der Waals surface area contributed by atoms with Crippen molar-refractivity contribution in [3.05, 3.63) is 57.9 Å². The molecule has 1 atom stereocenters. The number of fused-ring (bicyclic) bond motifs is 1. The van der Waals surface area contributed by atoms with Crippen LogP contribution in [0.4, 0.5) is 0 Å². The van der Waals surface area contributed by atoms with Crippen molar-refractivity contribution in [2.45, 2.75) is 45.6 Å². The molecule has 0 bridgehead atoms. The Morgan fingerprint density at radius 3 is 2.70 bits per heavy atom. The average Bonchev–Trinajstić information content (AvgIpc) is 3.05. The Kier molecular flexibility index (Phi) is 4.87. The van der Waals surface area contributed by atoms with Gasteiger partial charge >= 0.3 is 0 Å². The summed E-state index contributed by atoms with van der Waals surface area (Å²) in [4.78, 5) is 31.0. The highest BCUT2D eigenvalue weighted by Gasteiger charge is 2.33. The van der Waals surface area contributed by atoms with Crippen LogP contribution in [0.15, 0.2) is 24.3 Å². The van der Waals surface area contributed by atoms with Crippen LogP contribution in [0.2, 0.25) is 0 Å². The molecule has 1 amide bonds. The molecule has 1 saturated heterocycles. The van der Waals surface area contributed by atoms with Crippen LogP contribution in [0.5, 0.6) is 0 Å². The number of hydrogen-bond acceptors (Lipinski definition) is 3. The molecule has 0 spiro atoms. The number of carbonyl (C=O) groups excluding carboxylic acids is 2. The van der Waals surface area contributed by atoms with Gasteiger partial charge in [-0.05, 0) is 42.9 Å². The zero-order chi connectivity index (χ0) is 19.0. The van der Waals surface area contributed by atoms with Gasteiger partial charge in [0.25, 0.3) is 5.91 Å². The molecule has 0 saturated carbocycles. The van der Waals surface area contributed by atoms with Crippen molar-refractivity contribution in [1.29, 1.82) is 0 Å². The molecule has 1 aliphatic heterocycles. The number of aromatic amines is 1. The molecule has 27 heavy (non-hydrogen) atoms. The van der Waals surface area contributed by atoms with Crippen LogP contribution in [0.1, 0.15) is 69.0 Å². The molecule has 0 radical (unpaired) electrons. The minimum Gasteiger partial charge on any atom is -0.354 e. The van der Waals surface area contributed by atoms with Gasteiger partial charge in [-0.1, -0.05) is 31.2 Å². The number of amides is 1. The van der Waals surface area contributed by atoms with Crippen LogP contribution in [-0.4, -0.2) is 41.2 Å². The zero-order valence-electron chi connectivity index (χ0n) is 16.1. The van der Waals surface area contributed by atoms with E-state index >= 15 is 0 Å². The highest BCUT2D eigenvalue weighted by Crippen LogP contribution is 2.30. The minimum absolute atomic E-state index is 0.000711. The second kappa shape index (κ2) is 7.31. The summed E-state index contributed by atoms with van der Waals surface area (Å²) in [6.07, 6.45) is 3.30. The Bertz CT molecular complexity index is 866. The molecule has 5 heteroatoms. The number of Topliss-reactive ketones (excluding diaryl/α,β-unsaturated/α-hetero) is 1. The van der Waals surface area contributed by atoms with Crippen LogP contribution in [-0.2, 0) is 12.8 Å². The molecule has 1 aromatic heterocycles. The smallest absolute Gasteiger partial charge is 0.271 e. The molecule has 2 heterocycles. The van der Waals surface area contributed by atoms with E-state index in [1.54, 1.807) is 0 Å². The van der Waals surface area contributed by atoms with E-state index in [4.69, 9.17) is 0 Å². The van der Waals surface area contributed by atoms with Crippen molar-refractivity contribution in [2.75, 3.05) is 19.6 Å². The second-order valence-electron chi connectivity index (χ2n) is 7.57. The lowest BCUT2D eigenvalue weighted by Gasteiger charge is -2.36. The number of H-pyrrole nitrogens is 1. The molecule has 5 nitrogen and oxygen atoms in total. The summed E-state index contributed by atoms with van der Waals surface area (Å²) in [7, 11) is 0. The number of nitrogens with one attached hydrogen (secondary N) is 2. The zero-order valence-corrected chi connectivity index (χ0v) is 16.1. The molecular formula is C22H27N3O2. The standard InChI is InChI=1S/C22H27N3O2/c1-3-15-7-9-16(10-8-15)18-13-23-11-12-25(18)22(27)21-14(2)20-17(24-21)5-4-6-19(20)26/h7-10,18,23-24H,3-6,11-13H2,1-2H3. The van der Waals surface area contributed by atoms with E-state index < -0.39 is 0 Å². The quantitative estimate of drug-likeness (QED) is 0.878. The fourth-order valence-electron chi connectivity index (χ4n) is 4.35. The van der Waals surface area contributed by atoms with Gasteiger partial charge in [-0.3, -0.25) is 9.59 Å². The number of carbonyl (C=O) groups is 2. The van der Waals surface area contributed by atoms with Crippen molar-refractivity contribution in [3.63, 3.8) is 0 Å². The molecule has 1 fully saturated rings. The maximum Gasteiger partial charge on any atom is 0.271 e. The first kappa shape index (κ1) is 18.0. The van der Waals surface area contributed by atoms with Crippen LogP contribution in [0, 0.1) is 6.92 Å². The Balaban J connectivity index is 1.66. The Morgan fingerprint density at radius 2 is 2.00 bits per heavy atom. The summed E-state index contributed by atoms with van der Waals surface area (Å²) < 4.78 is 0. The monoisotopic (exact) mass is 365 g/mol. The van der Waals surface area contributed by atoms with Crippen LogP contribution in [0.3, 0.4) is 0 Å². The van der Waals surface area contributed by atoms with Gasteiger partial charge < -0.3 is 15.2 Å². The second-order valence-corrected chi connectivity index (χ2v) is 7.57. The van der Waals surface area contributed by atoms with E-state index in [1.165, 1.54) is 5.56 Å². The third kappa shape index (κ3) is 3.21. The molecule has 1 aromatic carbocycles. The lowest BCUT2D eigenvalue weighted by Crippen LogP contribution is -2.49. The van der Waals surface area contributed by atoms with E-state index in [2.05, 4.69) is 41.5 Å². The van der Waals surface area contributed by atoms with Gasteiger partial charge in [-0.2, -0.15) is 0 Å². The van der Waals surface area contributed by atoms with Crippen molar-refractivity contribution >= 4 is 11.7 Å². The first-order valence-electron chi connectivity index (χ1n) is 9.95. The third-order valence-corrected chi connectivity index (χ3v) is 5.93. The molecule has 1 aliphatic carbocycles. The van der Waals surface area contributed by atoms with Crippen LogP contribution < -0.4 is 5.32 Å². The number of nitrogens with zero attached hydrogens (tertiary/aromatic N) is 1. The van der Waals surface area contributed by atoms with Crippen molar-refractivity contribution in [2.24, 2.45) is 0 Å². The summed E-state index contributed by atoms with van der Waals surface area (Å²) in [6, 6.07) is 8.56. The number of ketones is 1. The van der Waals surface area contributed by atoms with E-state index in [0.29, 0.717) is 18.7 Å². The highest BCUT2D eigenvalue weighted by molar-refractivity contribution is 6.04. The fraction of sp³-hybridized carbons (Fsp3) is 0.455. The number of aryl methyl sites for hydroxylation is 2. The molecule has 142 valence electrons. The molecular weight excluding hydrogens is 338 g/mol. The van der Waals surface area contributed by atoms with Gasteiger partial charge in [0.2, 0.25) is 0 Å². The van der Waals surface area contributed by atoms with Crippen LogP contribution >= 0.6 is 0 Å². The lowest BCUT2D eigenvalue weighted by atomic mass is 9.93. The lowest BCUT2D eigenvalue weighted by molar-refractivity contribution is 0.0628. The maximum absolute atomic E-state index is 13.4. The Hall–Kier alpha value is -2.40. The summed E-state index contributed by atoms with van der Waals surface area (Å²) >= 11 is 0. The van der Waals surface area contributed by atoms with E-state index in [0.717, 1.165) is 54.7 Å². The fourth-order valence-corrected chi connectivity index (χ4v) is 4.35. The van der Waals surface area contributed by atoms with Gasteiger partial charge in [0, 0.05) is 37.3 Å². The topological polar surface area (TPSA) is 65.2 Å². The Labute approximate surface area is 160 Å². The molecule has 2 aliphatic rings. The molecule has 2 aromatic rings. The normalized spacial score (nSPS) is 19.9. The van der Waals surface area contributed by atoms with Gasteiger partial charge in [-0.15, -0.1) is 0 Å². The largest absolute Gasteiger partial charge is 0.354 e. The van der Waals surface area contributed by atoms with E-state index in [-0.39, 0.29) is 17.7 Å². The maximum atomic E-state index is 13.4. The van der Waals surface area contributed by atoms with Gasteiger partial charge in [0.1, 0.15) is 5.69 Å². The first-order chi connectivity index (χ1) is 13.1. The number of benzene rings is 1. The molecule has 1 unspecified atom stereocenters. The van der Waals surface area contributed by atoms with E-state index in [9.17, 15) is 9.59 Å². The number of rotatable bonds is 3. The predicted octanol–water partition coefficient (Wildman–Crippen LogP) is 3.19. The van der Waals surface area contributed by atoms with Crippen molar-refractivity contribution in [3.8, 4) is 0 Å². The average molecular weight is 365 g/mol. The number of aromatic nitrogens is 1. The minimum atomic E-state index is 0.000711.